The van der Waals surface area contributed by atoms with E-state index < -0.39 is 28.5 Å². The number of hydrogen-bond acceptors (Lipinski definition) is 5. The third-order valence-corrected chi connectivity index (χ3v) is 8.49. The molecule has 0 radical (unpaired) electrons. The number of sulfonamides is 1. The first kappa shape index (κ1) is 31.0. The van der Waals surface area contributed by atoms with Gasteiger partial charge in [-0.1, -0.05) is 60.8 Å². The first-order valence-electron chi connectivity index (χ1n) is 13.1. The number of rotatable bonds is 13. The molecular formula is C30H36ClN3O5S. The Morgan fingerprint density at radius 1 is 1.02 bits per heavy atom. The zero-order valence-electron chi connectivity index (χ0n) is 23.3. The molecule has 0 aliphatic carbocycles. The number of ether oxygens (including phenoxy) is 1. The Morgan fingerprint density at radius 3 is 2.38 bits per heavy atom. The number of halogens is 1. The van der Waals surface area contributed by atoms with Gasteiger partial charge in [0, 0.05) is 18.1 Å². The Bertz CT molecular complexity index is 1410. The fourth-order valence-corrected chi connectivity index (χ4v) is 5.67. The van der Waals surface area contributed by atoms with Crippen molar-refractivity contribution in [2.75, 3.05) is 24.5 Å². The third kappa shape index (κ3) is 7.99. The fourth-order valence-electron chi connectivity index (χ4n) is 4.08. The molecule has 40 heavy (non-hydrogen) atoms. The molecule has 3 rings (SSSR count). The minimum Gasteiger partial charge on any atom is -0.497 e. The molecule has 1 atom stereocenters. The number of carbonyl (C=O) groups is 2. The lowest BCUT2D eigenvalue weighted by Crippen LogP contribution is -2.51. The quantitative estimate of drug-likeness (QED) is 0.279. The maximum atomic E-state index is 14.0. The van der Waals surface area contributed by atoms with Crippen molar-refractivity contribution < 1.29 is 22.7 Å². The Morgan fingerprint density at radius 2 is 1.73 bits per heavy atom. The lowest BCUT2D eigenvalue weighted by molar-refractivity contribution is -0.139. The van der Waals surface area contributed by atoms with Crippen molar-refractivity contribution in [1.29, 1.82) is 0 Å². The second-order valence-corrected chi connectivity index (χ2v) is 11.8. The normalized spacial score (nSPS) is 11.9. The highest BCUT2D eigenvalue weighted by Crippen LogP contribution is 2.27. The van der Waals surface area contributed by atoms with Crippen LogP contribution in [0.5, 0.6) is 5.75 Å². The smallest absolute Gasteiger partial charge is 0.264 e. The highest BCUT2D eigenvalue weighted by molar-refractivity contribution is 7.92. The Kier molecular flexibility index (Phi) is 11.0. The largest absolute Gasteiger partial charge is 0.497 e. The van der Waals surface area contributed by atoms with E-state index in [4.69, 9.17) is 16.3 Å². The summed E-state index contributed by atoms with van der Waals surface area (Å²) in [5.74, 6) is -0.260. The Labute approximate surface area is 241 Å². The van der Waals surface area contributed by atoms with Gasteiger partial charge in [-0.05, 0) is 68.3 Å². The van der Waals surface area contributed by atoms with Crippen LogP contribution in [-0.2, 0) is 26.2 Å². The fraction of sp³-hybridized carbons (Fsp3) is 0.333. The first-order chi connectivity index (χ1) is 19.1. The molecule has 0 bridgehead atoms. The molecule has 0 saturated heterocycles. The summed E-state index contributed by atoms with van der Waals surface area (Å²) in [5, 5.41) is 3.20. The van der Waals surface area contributed by atoms with Crippen LogP contribution in [0.4, 0.5) is 5.69 Å². The molecule has 10 heteroatoms. The molecule has 2 amide bonds. The van der Waals surface area contributed by atoms with E-state index in [0.717, 1.165) is 28.3 Å². The number of unbranched alkanes of at least 4 members (excludes halogenated alkanes) is 1. The molecule has 0 aliphatic heterocycles. The van der Waals surface area contributed by atoms with Crippen LogP contribution in [0.15, 0.2) is 77.7 Å². The molecule has 0 aliphatic rings. The molecule has 3 aromatic rings. The predicted octanol–water partition coefficient (Wildman–Crippen LogP) is 5.19. The lowest BCUT2D eigenvalue weighted by atomic mass is 10.1. The summed E-state index contributed by atoms with van der Waals surface area (Å²) in [5.41, 5.74) is 1.87. The summed E-state index contributed by atoms with van der Waals surface area (Å²) in [7, 11) is -2.61. The zero-order chi connectivity index (χ0) is 29.3. The molecule has 0 saturated carbocycles. The second kappa shape index (κ2) is 14.2. The van der Waals surface area contributed by atoms with Crippen LogP contribution in [0.1, 0.15) is 37.8 Å². The van der Waals surface area contributed by atoms with Crippen LogP contribution >= 0.6 is 11.6 Å². The second-order valence-electron chi connectivity index (χ2n) is 9.50. The van der Waals surface area contributed by atoms with Gasteiger partial charge in [0.1, 0.15) is 18.3 Å². The van der Waals surface area contributed by atoms with Gasteiger partial charge < -0.3 is 15.0 Å². The van der Waals surface area contributed by atoms with Gasteiger partial charge in [-0.3, -0.25) is 13.9 Å². The van der Waals surface area contributed by atoms with E-state index in [1.54, 1.807) is 62.6 Å². The van der Waals surface area contributed by atoms with Gasteiger partial charge in [-0.2, -0.15) is 0 Å². The van der Waals surface area contributed by atoms with E-state index in [0.29, 0.717) is 17.3 Å². The molecule has 214 valence electrons. The number of anilines is 1. The number of nitrogens with one attached hydrogen (secondary N) is 1. The van der Waals surface area contributed by atoms with Gasteiger partial charge in [0.25, 0.3) is 10.0 Å². The van der Waals surface area contributed by atoms with Crippen molar-refractivity contribution in [3.05, 3.63) is 88.9 Å². The van der Waals surface area contributed by atoms with Crippen LogP contribution in [0.25, 0.3) is 0 Å². The number of hydrogen-bond donors (Lipinski definition) is 1. The number of carbonyl (C=O) groups excluding carboxylic acids is 2. The number of nitrogens with zero attached hydrogens (tertiary/aromatic N) is 2. The van der Waals surface area contributed by atoms with Crippen molar-refractivity contribution in [3.63, 3.8) is 0 Å². The first-order valence-corrected chi connectivity index (χ1v) is 14.9. The summed E-state index contributed by atoms with van der Waals surface area (Å²) in [4.78, 5) is 28.4. The predicted molar refractivity (Wildman–Crippen MR) is 158 cm³/mol. The van der Waals surface area contributed by atoms with Gasteiger partial charge in [-0.25, -0.2) is 8.42 Å². The third-order valence-electron chi connectivity index (χ3n) is 6.47. The average molecular weight is 586 g/mol. The molecule has 1 N–H and O–H groups in total. The molecule has 3 aromatic carbocycles. The monoisotopic (exact) mass is 585 g/mol. The average Bonchev–Trinajstić information content (AvgIpc) is 2.94. The number of amides is 2. The Balaban J connectivity index is 2.01. The topological polar surface area (TPSA) is 96.0 Å². The van der Waals surface area contributed by atoms with Crippen LogP contribution in [0, 0.1) is 6.92 Å². The van der Waals surface area contributed by atoms with Crippen LogP contribution in [0.3, 0.4) is 0 Å². The molecule has 0 aromatic heterocycles. The molecular weight excluding hydrogens is 550 g/mol. The maximum absolute atomic E-state index is 14.0. The van der Waals surface area contributed by atoms with Crippen molar-refractivity contribution >= 4 is 39.1 Å². The van der Waals surface area contributed by atoms with Crippen molar-refractivity contribution in [1.82, 2.24) is 10.2 Å². The van der Waals surface area contributed by atoms with E-state index in [2.05, 4.69) is 5.32 Å². The maximum Gasteiger partial charge on any atom is 0.264 e. The lowest BCUT2D eigenvalue weighted by Gasteiger charge is -2.32. The Hall–Kier alpha value is -3.56. The molecule has 8 nitrogen and oxygen atoms in total. The van der Waals surface area contributed by atoms with E-state index >= 15 is 0 Å². The molecule has 0 fully saturated rings. The highest BCUT2D eigenvalue weighted by Gasteiger charge is 2.32. The van der Waals surface area contributed by atoms with Gasteiger partial charge >= 0.3 is 0 Å². The van der Waals surface area contributed by atoms with Gasteiger partial charge in [0.2, 0.25) is 11.8 Å². The van der Waals surface area contributed by atoms with E-state index in [1.807, 2.05) is 19.9 Å². The molecule has 0 unspecified atom stereocenters. The van der Waals surface area contributed by atoms with Gasteiger partial charge in [0.05, 0.1) is 17.7 Å². The summed E-state index contributed by atoms with van der Waals surface area (Å²) < 4.78 is 34.1. The summed E-state index contributed by atoms with van der Waals surface area (Å²) in [6, 6.07) is 19.0. The molecule has 0 spiro atoms. The van der Waals surface area contributed by atoms with Crippen molar-refractivity contribution in [3.8, 4) is 5.75 Å². The van der Waals surface area contributed by atoms with Crippen molar-refractivity contribution in [2.24, 2.45) is 0 Å². The van der Waals surface area contributed by atoms with E-state index in [9.17, 15) is 18.0 Å². The summed E-state index contributed by atoms with van der Waals surface area (Å²) in [6.07, 6.45) is 1.71. The summed E-state index contributed by atoms with van der Waals surface area (Å²) in [6.45, 7) is 5.54. The van der Waals surface area contributed by atoms with Crippen molar-refractivity contribution in [2.45, 2.75) is 51.1 Å². The number of benzene rings is 3. The van der Waals surface area contributed by atoms with E-state index in [-0.39, 0.29) is 23.0 Å². The summed E-state index contributed by atoms with van der Waals surface area (Å²) >= 11 is 6.21. The highest BCUT2D eigenvalue weighted by atomic mass is 35.5. The van der Waals surface area contributed by atoms with Crippen LogP contribution in [-0.4, -0.2) is 51.4 Å². The molecule has 0 heterocycles. The van der Waals surface area contributed by atoms with Crippen LogP contribution < -0.4 is 14.4 Å². The zero-order valence-corrected chi connectivity index (χ0v) is 24.8. The minimum absolute atomic E-state index is 0.0376. The van der Waals surface area contributed by atoms with E-state index in [1.165, 1.54) is 23.1 Å². The SMILES string of the molecule is CCCCNC(=O)[C@H](C)N(Cc1cccc(OC)c1)C(=O)CN(c1cccc(Cl)c1)S(=O)(=O)c1ccc(C)cc1. The number of methoxy groups -OCH3 is 1. The minimum atomic E-state index is -4.16. The standard InChI is InChI=1S/C30H36ClN3O5S/c1-5-6-17-32-30(36)23(3)33(20-24-9-7-12-27(18-24)39-4)29(35)21-34(26-11-8-10-25(31)19-26)40(37,38)28-15-13-22(2)14-16-28/h7-16,18-19,23H,5-6,17,20-21H2,1-4H3,(H,32,36)/t23-/m0/s1. The number of aryl methyl sites for hydroxylation is 1. The van der Waals surface area contributed by atoms with Gasteiger partial charge in [0.15, 0.2) is 0 Å². The van der Waals surface area contributed by atoms with Crippen LogP contribution in [0.2, 0.25) is 5.02 Å². The van der Waals surface area contributed by atoms with Gasteiger partial charge in [-0.15, -0.1) is 0 Å².